The molecule has 0 saturated carbocycles. The molecule has 1 aliphatic heterocycles. The molecule has 21 heavy (non-hydrogen) atoms. The molecule has 1 aromatic carbocycles. The summed E-state index contributed by atoms with van der Waals surface area (Å²) in [4.78, 5) is 2.59. The highest BCUT2D eigenvalue weighted by Gasteiger charge is 2.34. The van der Waals surface area contributed by atoms with Crippen LogP contribution in [0.25, 0.3) is 0 Å². The van der Waals surface area contributed by atoms with E-state index in [9.17, 15) is 5.11 Å². The third kappa shape index (κ3) is 4.73. The van der Waals surface area contributed by atoms with Crippen LogP contribution >= 0.6 is 11.8 Å². The number of thioether (sulfide) groups is 1. The molecule has 2 rings (SSSR count). The van der Waals surface area contributed by atoms with E-state index in [2.05, 4.69) is 48.4 Å². The normalized spacial score (nSPS) is 20.3. The summed E-state index contributed by atoms with van der Waals surface area (Å²) in [5.41, 5.74) is 1.54. The topological polar surface area (TPSA) is 23.5 Å². The Bertz CT molecular complexity index is 401. The Labute approximate surface area is 133 Å². The molecule has 1 saturated heterocycles. The minimum atomic E-state index is 0.144. The fourth-order valence-corrected chi connectivity index (χ4v) is 4.02. The molecule has 3 heteroatoms. The number of piperidine rings is 1. The zero-order valence-corrected chi connectivity index (χ0v) is 14.2. The van der Waals surface area contributed by atoms with E-state index in [1.165, 1.54) is 11.3 Å². The minimum Gasteiger partial charge on any atom is -0.396 e. The van der Waals surface area contributed by atoms with Crippen LogP contribution in [0.5, 0.6) is 0 Å². The van der Waals surface area contributed by atoms with Gasteiger partial charge in [-0.3, -0.25) is 4.90 Å². The summed E-state index contributed by atoms with van der Waals surface area (Å²) >= 11 is 1.93. The van der Waals surface area contributed by atoms with Crippen molar-refractivity contribution in [3.8, 4) is 0 Å². The van der Waals surface area contributed by atoms with Crippen molar-refractivity contribution in [2.45, 2.75) is 38.6 Å². The highest BCUT2D eigenvalue weighted by Crippen LogP contribution is 2.36. The molecular weight excluding hydrogens is 278 g/mol. The molecule has 1 aromatic rings. The van der Waals surface area contributed by atoms with Gasteiger partial charge in [-0.25, -0.2) is 0 Å². The smallest absolute Gasteiger partial charge is 0.0488 e. The van der Waals surface area contributed by atoms with Crippen LogP contribution in [0.1, 0.15) is 31.7 Å². The molecule has 118 valence electrons. The van der Waals surface area contributed by atoms with E-state index in [1.807, 2.05) is 11.8 Å². The highest BCUT2D eigenvalue weighted by atomic mass is 32.2. The van der Waals surface area contributed by atoms with E-state index in [1.54, 1.807) is 0 Å². The average Bonchev–Trinajstić information content (AvgIpc) is 2.54. The van der Waals surface area contributed by atoms with Crippen molar-refractivity contribution in [3.05, 3.63) is 35.9 Å². The summed E-state index contributed by atoms with van der Waals surface area (Å²) in [6, 6.07) is 11.3. The average molecular weight is 308 g/mol. The number of nitrogens with zero attached hydrogens (tertiary/aromatic N) is 1. The Kier molecular flexibility index (Phi) is 6.59. The molecule has 1 atom stereocenters. The lowest BCUT2D eigenvalue weighted by Crippen LogP contribution is -2.46. The molecule has 1 N–H and O–H groups in total. The summed E-state index contributed by atoms with van der Waals surface area (Å²) < 4.78 is 0. The second-order valence-electron chi connectivity index (χ2n) is 6.48. The Morgan fingerprint density at radius 1 is 1.24 bits per heavy atom. The monoisotopic (exact) mass is 307 g/mol. The Morgan fingerprint density at radius 3 is 2.48 bits per heavy atom. The third-order valence-corrected chi connectivity index (χ3v) is 5.83. The minimum absolute atomic E-state index is 0.144. The molecular formula is C18H29NOS. The lowest BCUT2D eigenvalue weighted by molar-refractivity contribution is 0.0276. The van der Waals surface area contributed by atoms with Gasteiger partial charge >= 0.3 is 0 Å². The molecule has 0 amide bonds. The number of benzene rings is 1. The Morgan fingerprint density at radius 2 is 1.90 bits per heavy atom. The van der Waals surface area contributed by atoms with E-state index >= 15 is 0 Å². The zero-order valence-electron chi connectivity index (χ0n) is 13.4. The molecule has 0 aliphatic carbocycles. The molecule has 1 aliphatic rings. The molecule has 2 nitrogen and oxygen atoms in total. The van der Waals surface area contributed by atoms with Crippen LogP contribution in [0.3, 0.4) is 0 Å². The lowest BCUT2D eigenvalue weighted by atomic mass is 9.74. The Hall–Kier alpha value is -0.510. The molecule has 1 heterocycles. The van der Waals surface area contributed by atoms with Gasteiger partial charge in [0.05, 0.1) is 0 Å². The summed E-state index contributed by atoms with van der Waals surface area (Å²) in [7, 11) is 0. The third-order valence-electron chi connectivity index (χ3n) is 5.01. The number of hydrogen-bond donors (Lipinski definition) is 1. The first-order valence-corrected chi connectivity index (χ1v) is 9.46. The van der Waals surface area contributed by atoms with Crippen molar-refractivity contribution in [1.29, 1.82) is 0 Å². The molecule has 0 radical (unpaired) electrons. The van der Waals surface area contributed by atoms with Crippen LogP contribution in [0.2, 0.25) is 0 Å². The number of aryl methyl sites for hydroxylation is 1. The zero-order chi connectivity index (χ0) is 15.1. The van der Waals surface area contributed by atoms with Crippen molar-refractivity contribution in [2.75, 3.05) is 31.7 Å². The maximum Gasteiger partial charge on any atom is 0.0488 e. The van der Waals surface area contributed by atoms with Crippen molar-refractivity contribution in [1.82, 2.24) is 4.90 Å². The van der Waals surface area contributed by atoms with Gasteiger partial charge in [0.15, 0.2) is 0 Å². The fraction of sp³-hybridized carbons (Fsp3) is 0.667. The van der Waals surface area contributed by atoms with Crippen molar-refractivity contribution < 1.29 is 5.11 Å². The second-order valence-corrected chi connectivity index (χ2v) is 7.39. The molecule has 1 fully saturated rings. The molecule has 0 bridgehead atoms. The van der Waals surface area contributed by atoms with E-state index in [-0.39, 0.29) is 5.41 Å². The number of aliphatic hydroxyl groups is 1. The van der Waals surface area contributed by atoms with Crippen LogP contribution in [0.4, 0.5) is 0 Å². The Balaban J connectivity index is 1.86. The van der Waals surface area contributed by atoms with Gasteiger partial charge in [-0.15, -0.1) is 0 Å². The van der Waals surface area contributed by atoms with Gasteiger partial charge in [0.1, 0.15) is 0 Å². The fourth-order valence-electron chi connectivity index (χ4n) is 3.33. The first kappa shape index (κ1) is 16.9. The van der Waals surface area contributed by atoms with Gasteiger partial charge in [-0.1, -0.05) is 30.3 Å². The first-order valence-electron chi connectivity index (χ1n) is 8.07. The van der Waals surface area contributed by atoms with E-state index in [4.69, 9.17) is 0 Å². The predicted octanol–water partition coefficient (Wildman–Crippen LogP) is 3.45. The second kappa shape index (κ2) is 8.21. The molecule has 0 unspecified atom stereocenters. The summed E-state index contributed by atoms with van der Waals surface area (Å²) in [6.45, 7) is 4.94. The molecule has 0 spiro atoms. The van der Waals surface area contributed by atoms with Crippen LogP contribution in [-0.2, 0) is 6.42 Å². The maximum absolute atomic E-state index is 9.93. The number of rotatable bonds is 7. The van der Waals surface area contributed by atoms with Gasteiger partial charge in [0.25, 0.3) is 0 Å². The lowest BCUT2D eigenvalue weighted by Gasteiger charge is -2.43. The van der Waals surface area contributed by atoms with Crippen LogP contribution in [0, 0.1) is 5.41 Å². The van der Waals surface area contributed by atoms with Crippen molar-refractivity contribution in [2.24, 2.45) is 5.41 Å². The summed E-state index contributed by atoms with van der Waals surface area (Å²) in [5.74, 6) is 1.20. The number of likely N-dealkylation sites (tertiary alicyclic amines) is 1. The van der Waals surface area contributed by atoms with E-state index < -0.39 is 0 Å². The quantitative estimate of drug-likeness (QED) is 0.834. The van der Waals surface area contributed by atoms with Crippen LogP contribution < -0.4 is 0 Å². The SMILES string of the molecule is CSC[C@H](C)N1CCC(CO)(CCc2ccccc2)CC1. The number of hydrogen-bond acceptors (Lipinski definition) is 3. The predicted molar refractivity (Wildman–Crippen MR) is 92.9 cm³/mol. The summed E-state index contributed by atoms with van der Waals surface area (Å²) in [5, 5.41) is 9.93. The first-order chi connectivity index (χ1) is 10.2. The standard InChI is InChI=1S/C18H29NOS/c1-16(14-21-2)19-12-10-18(15-20,11-13-19)9-8-17-6-4-3-5-7-17/h3-7,16,20H,8-15H2,1-2H3/t16-/m0/s1. The van der Waals surface area contributed by atoms with Crippen molar-refractivity contribution >= 4 is 11.8 Å². The number of aliphatic hydroxyl groups excluding tert-OH is 1. The van der Waals surface area contributed by atoms with Gasteiger partial charge in [0, 0.05) is 18.4 Å². The van der Waals surface area contributed by atoms with Gasteiger partial charge < -0.3 is 5.11 Å². The van der Waals surface area contributed by atoms with Gasteiger partial charge in [0.2, 0.25) is 0 Å². The van der Waals surface area contributed by atoms with Crippen molar-refractivity contribution in [3.63, 3.8) is 0 Å². The van der Waals surface area contributed by atoms with Crippen LogP contribution in [-0.4, -0.2) is 47.8 Å². The van der Waals surface area contributed by atoms with E-state index in [0.717, 1.165) is 38.8 Å². The van der Waals surface area contributed by atoms with E-state index in [0.29, 0.717) is 12.6 Å². The van der Waals surface area contributed by atoms with Crippen LogP contribution in [0.15, 0.2) is 30.3 Å². The highest BCUT2D eigenvalue weighted by molar-refractivity contribution is 7.98. The summed E-state index contributed by atoms with van der Waals surface area (Å²) in [6.07, 6.45) is 6.64. The maximum atomic E-state index is 9.93. The van der Waals surface area contributed by atoms with Gasteiger partial charge in [-0.05, 0) is 62.9 Å². The molecule has 0 aromatic heterocycles. The van der Waals surface area contributed by atoms with Gasteiger partial charge in [-0.2, -0.15) is 11.8 Å². The largest absolute Gasteiger partial charge is 0.396 e.